The SMILES string of the molecule is CC(=O)N1C=Cc2ccccc2[C@@H]1CC(=O)OCC(=O)N1CCc2ccccc21. The summed E-state index contributed by atoms with van der Waals surface area (Å²) in [6.07, 6.45) is 4.33. The van der Waals surface area contributed by atoms with Gasteiger partial charge in [-0.25, -0.2) is 0 Å². The average Bonchev–Trinajstić information content (AvgIpc) is 3.16. The van der Waals surface area contributed by atoms with Gasteiger partial charge in [0.1, 0.15) is 0 Å². The Hall–Kier alpha value is -3.41. The van der Waals surface area contributed by atoms with E-state index >= 15 is 0 Å². The van der Waals surface area contributed by atoms with Crippen molar-refractivity contribution in [2.24, 2.45) is 0 Å². The van der Waals surface area contributed by atoms with Crippen molar-refractivity contribution >= 4 is 29.5 Å². The smallest absolute Gasteiger partial charge is 0.308 e. The van der Waals surface area contributed by atoms with E-state index < -0.39 is 12.0 Å². The summed E-state index contributed by atoms with van der Waals surface area (Å²) in [7, 11) is 0. The van der Waals surface area contributed by atoms with Gasteiger partial charge in [0.2, 0.25) is 5.91 Å². The van der Waals surface area contributed by atoms with E-state index in [-0.39, 0.29) is 24.8 Å². The maximum absolute atomic E-state index is 12.5. The second-order valence-electron chi connectivity index (χ2n) is 7.18. The molecule has 0 saturated carbocycles. The maximum Gasteiger partial charge on any atom is 0.308 e. The van der Waals surface area contributed by atoms with Crippen LogP contribution in [0.2, 0.25) is 0 Å². The quantitative estimate of drug-likeness (QED) is 0.753. The number of esters is 1. The first-order valence-electron chi connectivity index (χ1n) is 9.64. The Kier molecular flexibility index (Phi) is 5.16. The minimum Gasteiger partial charge on any atom is -0.455 e. The van der Waals surface area contributed by atoms with Gasteiger partial charge in [-0.3, -0.25) is 14.4 Å². The molecule has 4 rings (SSSR count). The van der Waals surface area contributed by atoms with Gasteiger partial charge in [-0.15, -0.1) is 0 Å². The van der Waals surface area contributed by atoms with Crippen LogP contribution in [0.4, 0.5) is 5.69 Å². The summed E-state index contributed by atoms with van der Waals surface area (Å²) in [4.78, 5) is 40.3. The minimum absolute atomic E-state index is 0.00913. The molecule has 29 heavy (non-hydrogen) atoms. The van der Waals surface area contributed by atoms with Crippen LogP contribution in [0.1, 0.15) is 36.1 Å². The van der Waals surface area contributed by atoms with Crippen LogP contribution in [0.15, 0.2) is 54.7 Å². The van der Waals surface area contributed by atoms with Gasteiger partial charge in [0.15, 0.2) is 6.61 Å². The number of hydrogen-bond acceptors (Lipinski definition) is 4. The van der Waals surface area contributed by atoms with Crippen LogP contribution in [0, 0.1) is 0 Å². The van der Waals surface area contributed by atoms with E-state index in [1.807, 2.05) is 54.6 Å². The molecule has 0 N–H and O–H groups in total. The summed E-state index contributed by atoms with van der Waals surface area (Å²) >= 11 is 0. The number of ether oxygens (including phenoxy) is 1. The summed E-state index contributed by atoms with van der Waals surface area (Å²) in [6.45, 7) is 1.75. The fourth-order valence-electron chi connectivity index (χ4n) is 3.95. The van der Waals surface area contributed by atoms with Crippen LogP contribution in [0.5, 0.6) is 0 Å². The molecule has 0 bridgehead atoms. The number of amides is 2. The molecular weight excluding hydrogens is 368 g/mol. The van der Waals surface area contributed by atoms with Gasteiger partial charge in [-0.1, -0.05) is 42.5 Å². The summed E-state index contributed by atoms with van der Waals surface area (Å²) < 4.78 is 5.28. The Morgan fingerprint density at radius 3 is 2.66 bits per heavy atom. The van der Waals surface area contributed by atoms with Crippen molar-refractivity contribution in [3.63, 3.8) is 0 Å². The van der Waals surface area contributed by atoms with E-state index in [9.17, 15) is 14.4 Å². The molecule has 0 saturated heterocycles. The molecule has 6 nitrogen and oxygen atoms in total. The molecule has 0 spiro atoms. The second kappa shape index (κ2) is 7.91. The second-order valence-corrected chi connectivity index (χ2v) is 7.18. The zero-order valence-electron chi connectivity index (χ0n) is 16.2. The largest absolute Gasteiger partial charge is 0.455 e. The van der Waals surface area contributed by atoms with E-state index in [1.165, 1.54) is 11.8 Å². The highest BCUT2D eigenvalue weighted by molar-refractivity contribution is 5.97. The Balaban J connectivity index is 1.41. The lowest BCUT2D eigenvalue weighted by Gasteiger charge is -2.32. The van der Waals surface area contributed by atoms with Crippen molar-refractivity contribution in [2.75, 3.05) is 18.1 Å². The lowest BCUT2D eigenvalue weighted by Crippen LogP contribution is -2.35. The van der Waals surface area contributed by atoms with Crippen molar-refractivity contribution in [2.45, 2.75) is 25.8 Å². The van der Waals surface area contributed by atoms with E-state index in [2.05, 4.69) is 0 Å². The molecular formula is C23H22N2O4. The molecule has 0 aromatic heterocycles. The molecule has 2 aromatic carbocycles. The number of para-hydroxylation sites is 1. The molecule has 1 atom stereocenters. The standard InChI is InChI=1S/C23H22N2O4/c1-16(26)24-12-10-17-6-2-4-8-19(17)21(24)14-23(28)29-15-22(27)25-13-11-18-7-3-5-9-20(18)25/h2-10,12,21H,11,13-15H2,1H3/t21-/m0/s1. The van der Waals surface area contributed by atoms with Crippen LogP contribution in [-0.2, 0) is 25.5 Å². The molecule has 0 aliphatic carbocycles. The van der Waals surface area contributed by atoms with Crippen molar-refractivity contribution < 1.29 is 19.1 Å². The lowest BCUT2D eigenvalue weighted by atomic mass is 9.94. The summed E-state index contributed by atoms with van der Waals surface area (Å²) in [5.41, 5.74) is 3.85. The third-order valence-corrected chi connectivity index (χ3v) is 5.37. The van der Waals surface area contributed by atoms with Crippen molar-refractivity contribution in [3.8, 4) is 0 Å². The number of carbonyl (C=O) groups is 3. The van der Waals surface area contributed by atoms with Crippen LogP contribution < -0.4 is 4.90 Å². The number of nitrogens with zero attached hydrogens (tertiary/aromatic N) is 2. The first kappa shape index (κ1) is 18.9. The molecule has 0 radical (unpaired) electrons. The van der Waals surface area contributed by atoms with E-state index in [1.54, 1.807) is 11.1 Å². The van der Waals surface area contributed by atoms with Gasteiger partial charge in [0.25, 0.3) is 5.91 Å². The molecule has 148 valence electrons. The van der Waals surface area contributed by atoms with Crippen LogP contribution >= 0.6 is 0 Å². The first-order chi connectivity index (χ1) is 14.0. The highest BCUT2D eigenvalue weighted by atomic mass is 16.5. The minimum atomic E-state index is -0.507. The molecule has 6 heteroatoms. The Morgan fingerprint density at radius 1 is 1.07 bits per heavy atom. The van der Waals surface area contributed by atoms with Crippen molar-refractivity contribution in [1.29, 1.82) is 0 Å². The van der Waals surface area contributed by atoms with Gasteiger partial charge < -0.3 is 14.5 Å². The number of benzene rings is 2. The van der Waals surface area contributed by atoms with Gasteiger partial charge >= 0.3 is 5.97 Å². The Bertz CT molecular complexity index is 998. The predicted octanol–water partition coefficient (Wildman–Crippen LogP) is 3.08. The number of fused-ring (bicyclic) bond motifs is 2. The van der Waals surface area contributed by atoms with Crippen LogP contribution in [0.25, 0.3) is 6.08 Å². The number of anilines is 1. The fourth-order valence-corrected chi connectivity index (χ4v) is 3.95. The summed E-state index contributed by atoms with van der Waals surface area (Å²) in [5.74, 6) is -0.902. The molecule has 2 aliphatic rings. The molecule has 2 aliphatic heterocycles. The summed E-state index contributed by atoms with van der Waals surface area (Å²) in [5, 5.41) is 0. The van der Waals surface area contributed by atoms with Gasteiger partial charge in [-0.05, 0) is 35.3 Å². The van der Waals surface area contributed by atoms with Gasteiger partial charge in [0.05, 0.1) is 12.5 Å². The predicted molar refractivity (Wildman–Crippen MR) is 109 cm³/mol. The normalized spacial score (nSPS) is 16.9. The molecule has 2 heterocycles. The highest BCUT2D eigenvalue weighted by Gasteiger charge is 2.30. The van der Waals surface area contributed by atoms with Gasteiger partial charge in [0, 0.05) is 25.4 Å². The third kappa shape index (κ3) is 3.78. The molecule has 2 aromatic rings. The van der Waals surface area contributed by atoms with Crippen molar-refractivity contribution in [1.82, 2.24) is 4.90 Å². The highest BCUT2D eigenvalue weighted by Crippen LogP contribution is 2.33. The van der Waals surface area contributed by atoms with E-state index in [0.29, 0.717) is 6.54 Å². The maximum atomic E-state index is 12.5. The van der Waals surface area contributed by atoms with Crippen molar-refractivity contribution in [3.05, 3.63) is 71.4 Å². The van der Waals surface area contributed by atoms with E-state index in [0.717, 1.165) is 28.8 Å². The molecule has 0 unspecified atom stereocenters. The number of rotatable bonds is 4. The van der Waals surface area contributed by atoms with Crippen LogP contribution in [-0.4, -0.2) is 35.8 Å². The zero-order chi connectivity index (χ0) is 20.4. The zero-order valence-corrected chi connectivity index (χ0v) is 16.2. The Labute approximate surface area is 169 Å². The topological polar surface area (TPSA) is 66.9 Å². The first-order valence-corrected chi connectivity index (χ1v) is 9.64. The summed E-state index contributed by atoms with van der Waals surface area (Å²) in [6, 6.07) is 14.9. The van der Waals surface area contributed by atoms with Crippen LogP contribution in [0.3, 0.4) is 0 Å². The average molecular weight is 390 g/mol. The fraction of sp³-hybridized carbons (Fsp3) is 0.261. The third-order valence-electron chi connectivity index (χ3n) is 5.37. The number of hydrogen-bond donors (Lipinski definition) is 0. The monoisotopic (exact) mass is 390 g/mol. The van der Waals surface area contributed by atoms with E-state index in [4.69, 9.17) is 4.74 Å². The van der Waals surface area contributed by atoms with Gasteiger partial charge in [-0.2, -0.15) is 0 Å². The Morgan fingerprint density at radius 2 is 1.83 bits per heavy atom. The number of carbonyl (C=O) groups excluding carboxylic acids is 3. The molecule has 0 fully saturated rings. The molecule has 2 amide bonds. The lowest BCUT2D eigenvalue weighted by molar-refractivity contribution is -0.149.